The SMILES string of the molecule is NC1C(=S)C=CCC1=Cc1ccccc1O. The molecule has 1 aromatic carbocycles. The normalized spacial score (nSPS) is 22.7. The standard InChI is InChI=1S/C13H13NOS/c14-13-10(5-3-7-12(13)16)8-9-4-1-2-6-11(9)15/h1-4,6-8,13,15H,5,14H2. The van der Waals surface area contributed by atoms with E-state index in [1.54, 1.807) is 12.1 Å². The van der Waals surface area contributed by atoms with Crippen molar-refractivity contribution in [3.63, 3.8) is 0 Å². The zero-order chi connectivity index (χ0) is 11.5. The van der Waals surface area contributed by atoms with E-state index < -0.39 is 0 Å². The third-order valence-corrected chi connectivity index (χ3v) is 3.01. The summed E-state index contributed by atoms with van der Waals surface area (Å²) in [6, 6.07) is 6.99. The predicted octanol–water partition coefficient (Wildman–Crippen LogP) is 2.43. The van der Waals surface area contributed by atoms with Crippen LogP contribution in [0.2, 0.25) is 0 Å². The minimum Gasteiger partial charge on any atom is -0.507 e. The first-order valence-corrected chi connectivity index (χ1v) is 5.54. The Kier molecular flexibility index (Phi) is 3.17. The van der Waals surface area contributed by atoms with Crippen LogP contribution in [-0.4, -0.2) is 16.0 Å². The molecule has 16 heavy (non-hydrogen) atoms. The second-order valence-corrected chi connectivity index (χ2v) is 4.24. The Morgan fingerprint density at radius 3 is 2.88 bits per heavy atom. The lowest BCUT2D eigenvalue weighted by atomic mass is 9.94. The summed E-state index contributed by atoms with van der Waals surface area (Å²) in [5.41, 5.74) is 7.80. The molecule has 0 fully saturated rings. The van der Waals surface area contributed by atoms with E-state index in [2.05, 4.69) is 0 Å². The summed E-state index contributed by atoms with van der Waals surface area (Å²) in [5.74, 6) is 0.266. The van der Waals surface area contributed by atoms with Gasteiger partial charge in [0.15, 0.2) is 0 Å². The van der Waals surface area contributed by atoms with E-state index in [1.807, 2.05) is 30.4 Å². The molecule has 0 saturated carbocycles. The molecule has 0 aromatic heterocycles. The average Bonchev–Trinajstić information content (AvgIpc) is 2.28. The van der Waals surface area contributed by atoms with Gasteiger partial charge in [-0.3, -0.25) is 0 Å². The maximum absolute atomic E-state index is 9.66. The van der Waals surface area contributed by atoms with Crippen molar-refractivity contribution in [3.05, 3.63) is 47.6 Å². The molecule has 1 aliphatic rings. The van der Waals surface area contributed by atoms with Crippen LogP contribution in [0.4, 0.5) is 0 Å². The number of aromatic hydroxyl groups is 1. The minimum atomic E-state index is -0.209. The molecule has 1 unspecified atom stereocenters. The summed E-state index contributed by atoms with van der Waals surface area (Å²) < 4.78 is 0. The number of hydrogen-bond acceptors (Lipinski definition) is 3. The molecule has 0 aliphatic heterocycles. The second-order valence-electron chi connectivity index (χ2n) is 3.76. The fourth-order valence-electron chi connectivity index (χ4n) is 1.68. The smallest absolute Gasteiger partial charge is 0.122 e. The van der Waals surface area contributed by atoms with Crippen LogP contribution in [0.3, 0.4) is 0 Å². The van der Waals surface area contributed by atoms with Crippen LogP contribution >= 0.6 is 12.2 Å². The topological polar surface area (TPSA) is 46.2 Å². The van der Waals surface area contributed by atoms with Gasteiger partial charge in [-0.1, -0.05) is 36.5 Å². The van der Waals surface area contributed by atoms with Crippen molar-refractivity contribution in [3.8, 4) is 5.75 Å². The number of allylic oxidation sites excluding steroid dienone is 1. The van der Waals surface area contributed by atoms with E-state index in [0.29, 0.717) is 0 Å². The Hall–Kier alpha value is -1.45. The summed E-state index contributed by atoms with van der Waals surface area (Å²) in [4.78, 5) is 0.743. The van der Waals surface area contributed by atoms with E-state index in [1.165, 1.54) is 0 Å². The van der Waals surface area contributed by atoms with Crippen molar-refractivity contribution in [2.45, 2.75) is 12.5 Å². The van der Waals surface area contributed by atoms with E-state index in [4.69, 9.17) is 18.0 Å². The maximum Gasteiger partial charge on any atom is 0.122 e. The van der Waals surface area contributed by atoms with Crippen LogP contribution in [0.5, 0.6) is 5.75 Å². The van der Waals surface area contributed by atoms with Crippen molar-refractivity contribution in [1.29, 1.82) is 0 Å². The van der Waals surface area contributed by atoms with Gasteiger partial charge in [0.25, 0.3) is 0 Å². The van der Waals surface area contributed by atoms with E-state index in [-0.39, 0.29) is 11.8 Å². The summed E-state index contributed by atoms with van der Waals surface area (Å²) in [6.45, 7) is 0. The van der Waals surface area contributed by atoms with Crippen LogP contribution in [0.1, 0.15) is 12.0 Å². The number of para-hydroxylation sites is 1. The molecular formula is C13H13NOS. The number of phenolic OH excluding ortho intramolecular Hbond substituents is 1. The van der Waals surface area contributed by atoms with Crippen LogP contribution in [0, 0.1) is 0 Å². The van der Waals surface area contributed by atoms with Gasteiger partial charge in [0.05, 0.1) is 6.04 Å². The van der Waals surface area contributed by atoms with Gasteiger partial charge < -0.3 is 10.8 Å². The highest BCUT2D eigenvalue weighted by atomic mass is 32.1. The Bertz CT molecular complexity index is 477. The van der Waals surface area contributed by atoms with E-state index in [0.717, 1.165) is 22.4 Å². The number of rotatable bonds is 1. The Balaban J connectivity index is 2.35. The number of benzene rings is 1. The highest BCUT2D eigenvalue weighted by molar-refractivity contribution is 7.80. The molecule has 1 aromatic rings. The highest BCUT2D eigenvalue weighted by Gasteiger charge is 2.15. The zero-order valence-corrected chi connectivity index (χ0v) is 9.58. The predicted molar refractivity (Wildman–Crippen MR) is 70.4 cm³/mol. The van der Waals surface area contributed by atoms with Crippen LogP contribution in [0.25, 0.3) is 6.08 Å². The molecule has 0 saturated heterocycles. The number of hydrogen-bond donors (Lipinski definition) is 2. The lowest BCUT2D eigenvalue weighted by Gasteiger charge is -2.18. The summed E-state index contributed by atoms with van der Waals surface area (Å²) >= 11 is 5.14. The van der Waals surface area contributed by atoms with Crippen molar-refractivity contribution in [1.82, 2.24) is 0 Å². The van der Waals surface area contributed by atoms with Gasteiger partial charge in [-0.2, -0.15) is 0 Å². The molecule has 0 amide bonds. The fourth-order valence-corrected chi connectivity index (χ4v) is 1.93. The van der Waals surface area contributed by atoms with Gasteiger partial charge in [-0.05, 0) is 30.2 Å². The van der Waals surface area contributed by atoms with Crippen LogP contribution < -0.4 is 5.73 Å². The lowest BCUT2D eigenvalue weighted by Crippen LogP contribution is -2.31. The van der Waals surface area contributed by atoms with E-state index in [9.17, 15) is 5.11 Å². The summed E-state index contributed by atoms with van der Waals surface area (Å²) in [6.07, 6.45) is 6.57. The maximum atomic E-state index is 9.66. The lowest BCUT2D eigenvalue weighted by molar-refractivity contribution is 0.474. The molecule has 82 valence electrons. The first kappa shape index (κ1) is 11.0. The first-order valence-electron chi connectivity index (χ1n) is 5.13. The van der Waals surface area contributed by atoms with Gasteiger partial charge in [0, 0.05) is 10.4 Å². The molecular weight excluding hydrogens is 218 g/mol. The molecule has 1 aliphatic carbocycles. The van der Waals surface area contributed by atoms with E-state index >= 15 is 0 Å². The molecule has 0 radical (unpaired) electrons. The van der Waals surface area contributed by atoms with Crippen LogP contribution in [-0.2, 0) is 0 Å². The van der Waals surface area contributed by atoms with Gasteiger partial charge in [-0.25, -0.2) is 0 Å². The molecule has 0 heterocycles. The van der Waals surface area contributed by atoms with Crippen molar-refractivity contribution >= 4 is 23.2 Å². The summed E-state index contributed by atoms with van der Waals surface area (Å²) in [7, 11) is 0. The summed E-state index contributed by atoms with van der Waals surface area (Å²) in [5, 5.41) is 9.66. The third-order valence-electron chi connectivity index (χ3n) is 2.62. The molecule has 2 rings (SSSR count). The van der Waals surface area contributed by atoms with Gasteiger partial charge in [0.1, 0.15) is 5.75 Å². The van der Waals surface area contributed by atoms with Crippen LogP contribution in [0.15, 0.2) is 42.0 Å². The molecule has 2 nitrogen and oxygen atoms in total. The quantitative estimate of drug-likeness (QED) is 0.730. The van der Waals surface area contributed by atoms with Crippen molar-refractivity contribution in [2.24, 2.45) is 5.73 Å². The minimum absolute atomic E-state index is 0.209. The molecule has 1 atom stereocenters. The zero-order valence-electron chi connectivity index (χ0n) is 8.76. The monoisotopic (exact) mass is 231 g/mol. The van der Waals surface area contributed by atoms with Gasteiger partial charge >= 0.3 is 0 Å². The molecule has 3 heteroatoms. The fraction of sp³-hybridized carbons (Fsp3) is 0.154. The Labute approximate surface area is 100 Å². The van der Waals surface area contributed by atoms with Crippen molar-refractivity contribution in [2.75, 3.05) is 0 Å². The highest BCUT2D eigenvalue weighted by Crippen LogP contribution is 2.23. The number of phenols is 1. The largest absolute Gasteiger partial charge is 0.507 e. The Morgan fingerprint density at radius 2 is 2.12 bits per heavy atom. The average molecular weight is 231 g/mol. The molecule has 3 N–H and O–H groups in total. The number of nitrogens with two attached hydrogens (primary N) is 1. The van der Waals surface area contributed by atoms with Gasteiger partial charge in [-0.15, -0.1) is 0 Å². The molecule has 0 bridgehead atoms. The second kappa shape index (κ2) is 4.60. The van der Waals surface area contributed by atoms with Crippen molar-refractivity contribution < 1.29 is 5.11 Å². The van der Waals surface area contributed by atoms with Gasteiger partial charge in [0.2, 0.25) is 0 Å². The first-order chi connectivity index (χ1) is 7.68. The third kappa shape index (κ3) is 2.21. The Morgan fingerprint density at radius 1 is 1.38 bits per heavy atom. The number of thiocarbonyl (C=S) groups is 1. The molecule has 0 spiro atoms.